The summed E-state index contributed by atoms with van der Waals surface area (Å²) in [5, 5.41) is 42.1. The standard InChI is InChI=1S/C28H33N3O2.C28H32N2O.C27H30N2O2.C24H26N2O2/c1-3-26(22-7-5-4-6-8-22)28(23-9-12-25(32)13-10-23)24-11-14-27(29-21-24)33-20-19-31-17-15-30(2)16-18-31;1-2-27(22-9-4-3-5-10-22)28(23-13-16-26(31)17-14-23)24-12-15-25(29-21-24)11-8-20-30-18-6-7-19-30;1-2-25(21-8-4-3-5-9-21)27(22-10-13-24(30)14-11-22)23-12-15-26(28-20-23)31-19-18-29-16-6-7-17-29;1-3-22(18-7-5-4-6-8-18)24(23-14-11-20(27)17-26-23)19-9-12-21(13-10-19)28-16-15-25-2/h4-14,21,32H,3,15-20H2,1-2H3;3-5,9-10,12-17,21,31H,2,6-8,11,18-20H2,1H3;3-5,8-15,20,30H,2,6-7,16-19H2,1H3;4-14,17,25,27H,3,15-16H2,1-2H3/b28-26-;;27-25-;. The molecule has 16 heteroatoms. The molecule has 4 aromatic heterocycles. The molecule has 0 unspecified atom stereocenters. The monoisotopic (exact) mass is 1640 g/mol. The summed E-state index contributed by atoms with van der Waals surface area (Å²) < 4.78 is 17.6. The van der Waals surface area contributed by atoms with Gasteiger partial charge in [-0.2, -0.15) is 0 Å². The lowest BCUT2D eigenvalue weighted by Crippen LogP contribution is -2.45. The maximum atomic E-state index is 9.80. The summed E-state index contributed by atoms with van der Waals surface area (Å²) in [7, 11) is 4.08. The molecule has 3 aliphatic heterocycles. The predicted molar refractivity (Wildman–Crippen MR) is 504 cm³/mol. The van der Waals surface area contributed by atoms with Crippen LogP contribution in [0.15, 0.2) is 292 Å². The lowest BCUT2D eigenvalue weighted by atomic mass is 9.89. The third-order valence-electron chi connectivity index (χ3n) is 22.7. The van der Waals surface area contributed by atoms with E-state index in [2.05, 4.69) is 202 Å². The number of phenols is 3. The van der Waals surface area contributed by atoms with Gasteiger partial charge in [0.05, 0.1) is 11.9 Å². The number of phenolic OH excluding ortho intramolecular Hbond substituents is 3. The Morgan fingerprint density at radius 2 is 0.667 bits per heavy atom. The Kier molecular flexibility index (Phi) is 35.0. The first-order valence-electron chi connectivity index (χ1n) is 43.9. The largest absolute Gasteiger partial charge is 0.508 e. The lowest BCUT2D eigenvalue weighted by molar-refractivity contribution is 0.132. The van der Waals surface area contributed by atoms with Crippen molar-refractivity contribution < 1.29 is 34.6 Å². The molecule has 636 valence electrons. The molecule has 12 aromatic rings. The van der Waals surface area contributed by atoms with Crippen molar-refractivity contribution in [1.29, 1.82) is 0 Å². The van der Waals surface area contributed by atoms with E-state index in [1.807, 2.05) is 123 Å². The van der Waals surface area contributed by atoms with Crippen LogP contribution in [0.2, 0.25) is 0 Å². The smallest absolute Gasteiger partial charge is 0.213 e. The van der Waals surface area contributed by atoms with Crippen molar-refractivity contribution in [3.8, 4) is 40.5 Å². The Morgan fingerprint density at radius 1 is 0.317 bits per heavy atom. The highest BCUT2D eigenvalue weighted by Crippen LogP contribution is 2.40. The van der Waals surface area contributed by atoms with E-state index in [4.69, 9.17) is 19.2 Å². The minimum atomic E-state index is 0.161. The van der Waals surface area contributed by atoms with Crippen molar-refractivity contribution in [1.82, 2.24) is 44.9 Å². The maximum absolute atomic E-state index is 9.80. The Morgan fingerprint density at radius 3 is 1.02 bits per heavy atom. The maximum Gasteiger partial charge on any atom is 0.213 e. The molecule has 0 saturated carbocycles. The van der Waals surface area contributed by atoms with Crippen LogP contribution >= 0.6 is 0 Å². The van der Waals surface area contributed by atoms with Gasteiger partial charge < -0.3 is 49.8 Å². The number of piperazine rings is 1. The zero-order valence-electron chi connectivity index (χ0n) is 72.5. The Labute approximate surface area is 729 Å². The van der Waals surface area contributed by atoms with Crippen molar-refractivity contribution in [2.45, 2.75) is 91.9 Å². The second-order valence-electron chi connectivity index (χ2n) is 31.2. The van der Waals surface area contributed by atoms with Gasteiger partial charge in [0, 0.05) is 104 Å². The van der Waals surface area contributed by atoms with Crippen molar-refractivity contribution in [2.24, 2.45) is 0 Å². The summed E-state index contributed by atoms with van der Waals surface area (Å²) in [4.78, 5) is 28.3. The number of pyridine rings is 4. The average Bonchev–Trinajstić information content (AvgIpc) is 1.30. The lowest BCUT2D eigenvalue weighted by Gasteiger charge is -2.32. The highest BCUT2D eigenvalue weighted by Gasteiger charge is 2.22. The molecule has 0 amide bonds. The van der Waals surface area contributed by atoms with Gasteiger partial charge in [-0.05, 0) is 273 Å². The molecule has 5 N–H and O–H groups in total. The Hall–Kier alpha value is -12.3. The summed E-state index contributed by atoms with van der Waals surface area (Å²) in [5.41, 5.74) is 23.7. The first-order chi connectivity index (χ1) is 60.3. The fourth-order valence-corrected chi connectivity index (χ4v) is 16.2. The highest BCUT2D eigenvalue weighted by atomic mass is 16.5. The molecule has 0 spiro atoms. The van der Waals surface area contributed by atoms with Gasteiger partial charge in [0.15, 0.2) is 0 Å². The Balaban J connectivity index is 0.000000150. The van der Waals surface area contributed by atoms with Crippen LogP contribution in [0.25, 0.3) is 44.6 Å². The number of likely N-dealkylation sites (tertiary alicyclic amines) is 2. The van der Waals surface area contributed by atoms with E-state index in [0.29, 0.717) is 31.6 Å². The number of nitrogens with zero attached hydrogens (tertiary/aromatic N) is 8. The van der Waals surface area contributed by atoms with Gasteiger partial charge in [-0.25, -0.2) is 9.97 Å². The molecule has 3 fully saturated rings. The minimum Gasteiger partial charge on any atom is -0.508 e. The van der Waals surface area contributed by atoms with E-state index < -0.39 is 0 Å². The molecule has 16 nitrogen and oxygen atoms in total. The molecule has 8 aromatic carbocycles. The summed E-state index contributed by atoms with van der Waals surface area (Å²) in [6.45, 7) is 23.7. The van der Waals surface area contributed by atoms with Crippen molar-refractivity contribution >= 4 is 44.6 Å². The van der Waals surface area contributed by atoms with Gasteiger partial charge in [0.25, 0.3) is 0 Å². The fourth-order valence-electron chi connectivity index (χ4n) is 16.2. The molecule has 7 heterocycles. The number of nitrogens with one attached hydrogen (secondary N) is 1. The normalized spacial score (nSPS) is 14.5. The molecule has 123 heavy (non-hydrogen) atoms. The number of hydrogen-bond acceptors (Lipinski definition) is 16. The van der Waals surface area contributed by atoms with Gasteiger partial charge in [0.2, 0.25) is 11.8 Å². The molecule has 0 atom stereocenters. The average molecular weight is 1650 g/mol. The van der Waals surface area contributed by atoms with E-state index in [-0.39, 0.29) is 23.0 Å². The molecular weight excluding hydrogens is 1520 g/mol. The SMILES string of the molecule is CC/C(=C(\c1ccc(O)cc1)c1ccc(OCCN2CCCC2)nc1)c1ccccc1.CC/C(=C(\c1ccc(O)cc1)c1ccc(OCCN2CCN(C)CC2)nc1)c1ccccc1.CCC(=C(c1ccc(O)cc1)c1ccc(CCCN2CCCC2)nc1)c1ccccc1.CCC(=C(c1ccc(OCCNC)cc1)c1ccc(O)cn1)c1ccccc1. The van der Waals surface area contributed by atoms with Crippen molar-refractivity contribution in [2.75, 3.05) is 112 Å². The minimum absolute atomic E-state index is 0.161. The van der Waals surface area contributed by atoms with Crippen LogP contribution in [0.1, 0.15) is 158 Å². The van der Waals surface area contributed by atoms with Crippen LogP contribution in [0.3, 0.4) is 0 Å². The summed E-state index contributed by atoms with van der Waals surface area (Å²) in [6, 6.07) is 88.2. The van der Waals surface area contributed by atoms with Crippen molar-refractivity contribution in [3.05, 3.63) is 364 Å². The zero-order valence-corrected chi connectivity index (χ0v) is 72.5. The van der Waals surface area contributed by atoms with E-state index in [1.165, 1.54) is 115 Å². The quantitative estimate of drug-likeness (QED) is 0.0198. The number of aryl methyl sites for hydroxylation is 1. The topological polar surface area (TPSA) is 185 Å². The number of rotatable bonds is 32. The van der Waals surface area contributed by atoms with E-state index >= 15 is 0 Å². The van der Waals surface area contributed by atoms with E-state index in [1.54, 1.807) is 42.5 Å². The molecule has 15 rings (SSSR count). The van der Waals surface area contributed by atoms with Crippen LogP contribution in [-0.4, -0.2) is 172 Å². The van der Waals surface area contributed by atoms with Gasteiger partial charge in [0.1, 0.15) is 48.6 Å². The Bertz CT molecular complexity index is 5080. The molecule has 0 bridgehead atoms. The van der Waals surface area contributed by atoms with Gasteiger partial charge in [-0.1, -0.05) is 204 Å². The second kappa shape index (κ2) is 47.8. The zero-order chi connectivity index (χ0) is 85.8. The number of ether oxygens (including phenoxy) is 3. The number of likely N-dealkylation sites (N-methyl/N-ethyl adjacent to an activating group) is 2. The third kappa shape index (κ3) is 26.6. The highest BCUT2D eigenvalue weighted by molar-refractivity contribution is 6.01. The molecule has 3 saturated heterocycles. The first kappa shape index (κ1) is 90.0. The first-order valence-corrected chi connectivity index (χ1v) is 43.9. The van der Waals surface area contributed by atoms with Crippen LogP contribution < -0.4 is 19.5 Å². The molecule has 0 radical (unpaired) electrons. The summed E-state index contributed by atoms with van der Waals surface area (Å²) in [5.74, 6) is 3.12. The fraction of sp³-hybridized carbons (Fsp3) is 0.290. The van der Waals surface area contributed by atoms with Crippen LogP contribution in [0.5, 0.6) is 40.5 Å². The third-order valence-corrected chi connectivity index (χ3v) is 22.7. The van der Waals surface area contributed by atoms with Crippen LogP contribution in [0, 0.1) is 0 Å². The van der Waals surface area contributed by atoms with Crippen LogP contribution in [0.4, 0.5) is 0 Å². The van der Waals surface area contributed by atoms with Gasteiger partial charge in [-0.15, -0.1) is 0 Å². The molecule has 3 aliphatic rings. The second-order valence-corrected chi connectivity index (χ2v) is 31.2. The number of aromatic hydroxyl groups is 4. The molecular formula is C107H121N9O7. The molecule has 0 aliphatic carbocycles. The number of aromatic nitrogens is 4. The predicted octanol–water partition coefficient (Wildman–Crippen LogP) is 21.4. The van der Waals surface area contributed by atoms with Gasteiger partial charge in [-0.3, -0.25) is 19.8 Å². The summed E-state index contributed by atoms with van der Waals surface area (Å²) in [6.07, 6.45) is 18.3. The van der Waals surface area contributed by atoms with E-state index in [0.717, 1.165) is 157 Å². The van der Waals surface area contributed by atoms with Gasteiger partial charge >= 0.3 is 0 Å². The van der Waals surface area contributed by atoms with Crippen LogP contribution in [-0.2, 0) is 6.42 Å². The summed E-state index contributed by atoms with van der Waals surface area (Å²) >= 11 is 0. The number of benzene rings is 8. The van der Waals surface area contributed by atoms with E-state index in [9.17, 15) is 20.4 Å². The number of allylic oxidation sites excluding steroid dienone is 4. The number of hydrogen-bond donors (Lipinski definition) is 5. The van der Waals surface area contributed by atoms with Crippen molar-refractivity contribution in [3.63, 3.8) is 0 Å².